The zero-order chi connectivity index (χ0) is 16.9. The van der Waals surface area contributed by atoms with Crippen LogP contribution in [0.1, 0.15) is 42.0 Å². The highest BCUT2D eigenvalue weighted by Gasteiger charge is 2.18. The zero-order valence-corrected chi connectivity index (χ0v) is 14.5. The number of aromatic nitrogens is 3. The van der Waals surface area contributed by atoms with E-state index in [4.69, 9.17) is 4.74 Å². The Morgan fingerprint density at radius 2 is 2.25 bits per heavy atom. The summed E-state index contributed by atoms with van der Waals surface area (Å²) in [6, 6.07) is 2.18. The fourth-order valence-corrected chi connectivity index (χ4v) is 2.96. The van der Waals surface area contributed by atoms with E-state index in [1.807, 2.05) is 32.3 Å². The van der Waals surface area contributed by atoms with E-state index < -0.39 is 0 Å². The summed E-state index contributed by atoms with van der Waals surface area (Å²) in [5.41, 5.74) is 3.26. The van der Waals surface area contributed by atoms with Crippen LogP contribution < -0.4 is 15.4 Å². The van der Waals surface area contributed by atoms with Crippen molar-refractivity contribution in [3.8, 4) is 5.75 Å². The minimum absolute atomic E-state index is 0.166. The normalized spacial score (nSPS) is 18.5. The lowest BCUT2D eigenvalue weighted by atomic mass is 10.1. The van der Waals surface area contributed by atoms with E-state index in [9.17, 15) is 0 Å². The Balaban J connectivity index is 1.65. The quantitative estimate of drug-likeness (QED) is 0.846. The van der Waals surface area contributed by atoms with Gasteiger partial charge in [0.2, 0.25) is 0 Å². The molecule has 0 radical (unpaired) electrons. The van der Waals surface area contributed by atoms with Crippen molar-refractivity contribution < 1.29 is 4.74 Å². The molecule has 3 rings (SSSR count). The molecule has 24 heavy (non-hydrogen) atoms. The summed E-state index contributed by atoms with van der Waals surface area (Å²) in [6.07, 6.45) is 6.79. The van der Waals surface area contributed by atoms with Crippen molar-refractivity contribution in [2.75, 3.05) is 13.1 Å². The molecule has 0 aromatic carbocycles. The van der Waals surface area contributed by atoms with Gasteiger partial charge in [-0.2, -0.15) is 0 Å². The molecule has 1 fully saturated rings. The van der Waals surface area contributed by atoms with Crippen LogP contribution in [0.25, 0.3) is 0 Å². The van der Waals surface area contributed by atoms with Crippen molar-refractivity contribution in [1.82, 2.24) is 25.6 Å². The predicted molar refractivity (Wildman–Crippen MR) is 92.9 cm³/mol. The Kier molecular flexibility index (Phi) is 5.37. The average molecular weight is 327 g/mol. The van der Waals surface area contributed by atoms with Crippen molar-refractivity contribution in [2.45, 2.75) is 45.9 Å². The first-order valence-corrected chi connectivity index (χ1v) is 8.47. The zero-order valence-electron chi connectivity index (χ0n) is 14.5. The van der Waals surface area contributed by atoms with E-state index in [0.717, 1.165) is 47.9 Å². The van der Waals surface area contributed by atoms with E-state index in [2.05, 4.69) is 32.5 Å². The highest BCUT2D eigenvalue weighted by Crippen LogP contribution is 2.21. The molecule has 3 heterocycles. The van der Waals surface area contributed by atoms with Gasteiger partial charge in [0.1, 0.15) is 17.7 Å². The number of ether oxygens (including phenoxy) is 1. The fraction of sp³-hybridized carbons (Fsp3) is 0.500. The van der Waals surface area contributed by atoms with Gasteiger partial charge in [-0.05, 0) is 39.8 Å². The summed E-state index contributed by atoms with van der Waals surface area (Å²) in [7, 11) is 0. The highest BCUT2D eigenvalue weighted by atomic mass is 16.5. The van der Waals surface area contributed by atoms with Crippen LogP contribution in [0, 0.1) is 13.8 Å². The molecule has 0 spiro atoms. The van der Waals surface area contributed by atoms with Crippen molar-refractivity contribution in [3.63, 3.8) is 0 Å². The third-order valence-corrected chi connectivity index (χ3v) is 4.38. The van der Waals surface area contributed by atoms with Crippen LogP contribution in [0.4, 0.5) is 0 Å². The van der Waals surface area contributed by atoms with Crippen molar-refractivity contribution in [3.05, 3.63) is 47.3 Å². The third kappa shape index (κ3) is 4.07. The second kappa shape index (κ2) is 7.68. The molecule has 1 aliphatic rings. The Labute approximate surface area is 143 Å². The first-order valence-electron chi connectivity index (χ1n) is 8.47. The summed E-state index contributed by atoms with van der Waals surface area (Å²) in [5.74, 6) is 1.67. The molecular formula is C18H25N5O. The van der Waals surface area contributed by atoms with Crippen LogP contribution in [0.5, 0.6) is 5.75 Å². The van der Waals surface area contributed by atoms with Gasteiger partial charge in [0.05, 0.1) is 6.20 Å². The monoisotopic (exact) mass is 327 g/mol. The van der Waals surface area contributed by atoms with Crippen LogP contribution in [0.15, 0.2) is 24.7 Å². The van der Waals surface area contributed by atoms with Crippen molar-refractivity contribution in [1.29, 1.82) is 0 Å². The molecule has 1 unspecified atom stereocenters. The third-order valence-electron chi connectivity index (χ3n) is 4.38. The summed E-state index contributed by atoms with van der Waals surface area (Å²) < 4.78 is 6.09. The van der Waals surface area contributed by atoms with Gasteiger partial charge in [-0.25, -0.2) is 9.97 Å². The smallest absolute Gasteiger partial charge is 0.142 e. The van der Waals surface area contributed by atoms with Crippen molar-refractivity contribution in [2.24, 2.45) is 0 Å². The van der Waals surface area contributed by atoms with Gasteiger partial charge < -0.3 is 15.4 Å². The number of nitrogens with zero attached hydrogens (tertiary/aromatic N) is 3. The lowest BCUT2D eigenvalue weighted by Crippen LogP contribution is -2.23. The fourth-order valence-electron chi connectivity index (χ4n) is 2.96. The molecule has 0 amide bonds. The largest absolute Gasteiger partial charge is 0.487 e. The first-order chi connectivity index (χ1) is 11.6. The second-order valence-electron chi connectivity index (χ2n) is 6.28. The van der Waals surface area contributed by atoms with Crippen LogP contribution in [-0.4, -0.2) is 34.1 Å². The number of aryl methyl sites for hydroxylation is 2. The van der Waals surface area contributed by atoms with Gasteiger partial charge in [0, 0.05) is 48.3 Å². The molecular weight excluding hydrogens is 302 g/mol. The molecule has 2 N–H and O–H groups in total. The maximum Gasteiger partial charge on any atom is 0.142 e. The van der Waals surface area contributed by atoms with Gasteiger partial charge in [-0.3, -0.25) is 4.98 Å². The first kappa shape index (κ1) is 16.8. The summed E-state index contributed by atoms with van der Waals surface area (Å²) in [5, 5.41) is 6.86. The lowest BCUT2D eigenvalue weighted by Gasteiger charge is -2.19. The number of nitrogens with one attached hydrogen (secondary N) is 2. The molecule has 6 nitrogen and oxygen atoms in total. The Bertz CT molecular complexity index is 685. The van der Waals surface area contributed by atoms with Crippen LogP contribution in [0.3, 0.4) is 0 Å². The Hall–Kier alpha value is -2.05. The van der Waals surface area contributed by atoms with E-state index >= 15 is 0 Å². The molecule has 0 aliphatic carbocycles. The van der Waals surface area contributed by atoms with Crippen LogP contribution in [-0.2, 0) is 6.54 Å². The molecule has 128 valence electrons. The van der Waals surface area contributed by atoms with Crippen LogP contribution in [0.2, 0.25) is 0 Å². The van der Waals surface area contributed by atoms with Gasteiger partial charge in [-0.15, -0.1) is 0 Å². The van der Waals surface area contributed by atoms with E-state index in [-0.39, 0.29) is 12.1 Å². The molecule has 1 saturated heterocycles. The average Bonchev–Trinajstić information content (AvgIpc) is 3.07. The van der Waals surface area contributed by atoms with Gasteiger partial charge in [-0.1, -0.05) is 0 Å². The van der Waals surface area contributed by atoms with E-state index in [1.54, 1.807) is 6.20 Å². The summed E-state index contributed by atoms with van der Waals surface area (Å²) in [6.45, 7) is 8.69. The SMILES string of the molecule is Cc1ncc(C(C)NCc2ccncc2O[C@H]2CCNC2)c(C)n1. The maximum absolute atomic E-state index is 6.09. The number of rotatable bonds is 6. The standard InChI is InChI=1S/C18H25N5O/c1-12(17-10-22-14(3)23-13(17)2)21-8-15-4-6-20-11-18(15)24-16-5-7-19-9-16/h4,6,10-12,16,19,21H,5,7-9H2,1-3H3/t12?,16-/m0/s1. The second-order valence-corrected chi connectivity index (χ2v) is 6.28. The molecule has 6 heteroatoms. The molecule has 0 saturated carbocycles. The molecule has 1 aliphatic heterocycles. The minimum atomic E-state index is 0.166. The van der Waals surface area contributed by atoms with E-state index in [0.29, 0.717) is 6.54 Å². The van der Waals surface area contributed by atoms with Crippen molar-refractivity contribution >= 4 is 0 Å². The Morgan fingerprint density at radius 1 is 1.38 bits per heavy atom. The molecule has 2 aromatic rings. The van der Waals surface area contributed by atoms with Gasteiger partial charge >= 0.3 is 0 Å². The Morgan fingerprint density at radius 3 is 3.00 bits per heavy atom. The minimum Gasteiger partial charge on any atom is -0.487 e. The number of pyridine rings is 1. The number of hydrogen-bond donors (Lipinski definition) is 2. The topological polar surface area (TPSA) is 72.0 Å². The summed E-state index contributed by atoms with van der Waals surface area (Å²) in [4.78, 5) is 13.0. The highest BCUT2D eigenvalue weighted by molar-refractivity contribution is 5.30. The maximum atomic E-state index is 6.09. The van der Waals surface area contributed by atoms with Gasteiger partial charge in [0.15, 0.2) is 0 Å². The molecule has 0 bridgehead atoms. The van der Waals surface area contributed by atoms with Gasteiger partial charge in [0.25, 0.3) is 0 Å². The number of hydrogen-bond acceptors (Lipinski definition) is 6. The molecule has 2 aromatic heterocycles. The molecule has 2 atom stereocenters. The predicted octanol–water partition coefficient (Wildman–Crippen LogP) is 2.08. The van der Waals surface area contributed by atoms with Crippen LogP contribution >= 0.6 is 0 Å². The summed E-state index contributed by atoms with van der Waals surface area (Å²) >= 11 is 0. The lowest BCUT2D eigenvalue weighted by molar-refractivity contribution is 0.219. The van der Waals surface area contributed by atoms with E-state index in [1.165, 1.54) is 0 Å².